The second kappa shape index (κ2) is 3.45. The van der Waals surface area contributed by atoms with Crippen LogP contribution in [-0.4, -0.2) is 20.3 Å². The van der Waals surface area contributed by atoms with Crippen LogP contribution in [0.25, 0.3) is 10.7 Å². The standard InChI is InChI=1S/C7H6ClN3OS/c8-5-2-1-4(13-5)7-9-6(3-12)10-11-7/h1-2,12H,3H2,(H,9,10,11). The van der Waals surface area contributed by atoms with Crippen molar-refractivity contribution in [3.05, 3.63) is 22.3 Å². The fourth-order valence-corrected chi connectivity index (χ4v) is 1.89. The highest BCUT2D eigenvalue weighted by Gasteiger charge is 2.07. The SMILES string of the molecule is OCc1nc(-c2ccc(Cl)s2)n[nH]1. The van der Waals surface area contributed by atoms with Crippen molar-refractivity contribution in [2.24, 2.45) is 0 Å². The molecule has 13 heavy (non-hydrogen) atoms. The van der Waals surface area contributed by atoms with Crippen LogP contribution in [0.4, 0.5) is 0 Å². The molecule has 0 atom stereocenters. The van der Waals surface area contributed by atoms with Crippen molar-refractivity contribution < 1.29 is 5.11 Å². The molecule has 0 amide bonds. The van der Waals surface area contributed by atoms with Crippen LogP contribution in [0.5, 0.6) is 0 Å². The molecule has 0 unspecified atom stereocenters. The lowest BCUT2D eigenvalue weighted by Crippen LogP contribution is -1.84. The molecule has 0 aliphatic rings. The molecule has 0 saturated carbocycles. The Morgan fingerprint density at radius 2 is 2.38 bits per heavy atom. The maximum atomic E-state index is 8.75. The summed E-state index contributed by atoms with van der Waals surface area (Å²) in [5.74, 6) is 1.03. The lowest BCUT2D eigenvalue weighted by atomic mass is 10.4. The Hall–Kier alpha value is -0.910. The molecule has 2 aromatic rings. The molecular weight excluding hydrogens is 210 g/mol. The zero-order valence-corrected chi connectivity index (χ0v) is 8.06. The number of aromatic amines is 1. The number of aliphatic hydroxyl groups excluding tert-OH is 1. The summed E-state index contributed by atoms with van der Waals surface area (Å²) in [5, 5.41) is 15.3. The van der Waals surface area contributed by atoms with Crippen LogP contribution in [-0.2, 0) is 6.61 Å². The number of hydrogen-bond acceptors (Lipinski definition) is 4. The molecule has 0 radical (unpaired) electrons. The third-order valence-electron chi connectivity index (χ3n) is 1.48. The quantitative estimate of drug-likeness (QED) is 0.801. The smallest absolute Gasteiger partial charge is 0.191 e. The van der Waals surface area contributed by atoms with Crippen LogP contribution < -0.4 is 0 Å². The highest BCUT2D eigenvalue weighted by atomic mass is 35.5. The Morgan fingerprint density at radius 3 is 2.92 bits per heavy atom. The molecule has 0 fully saturated rings. The van der Waals surface area contributed by atoms with Crippen molar-refractivity contribution in [3.8, 4) is 10.7 Å². The maximum Gasteiger partial charge on any atom is 0.191 e. The van der Waals surface area contributed by atoms with Crippen LogP contribution in [0.3, 0.4) is 0 Å². The molecule has 2 heterocycles. The maximum absolute atomic E-state index is 8.75. The van der Waals surface area contributed by atoms with Crippen molar-refractivity contribution in [2.75, 3.05) is 0 Å². The minimum absolute atomic E-state index is 0.133. The largest absolute Gasteiger partial charge is 0.388 e. The van der Waals surface area contributed by atoms with Crippen molar-refractivity contribution in [1.29, 1.82) is 0 Å². The first-order valence-corrected chi connectivity index (χ1v) is 4.77. The van der Waals surface area contributed by atoms with E-state index >= 15 is 0 Å². The lowest BCUT2D eigenvalue weighted by molar-refractivity contribution is 0.272. The molecule has 6 heteroatoms. The molecule has 0 bridgehead atoms. The summed E-state index contributed by atoms with van der Waals surface area (Å²) < 4.78 is 0.699. The van der Waals surface area contributed by atoms with Gasteiger partial charge in [0.05, 0.1) is 9.21 Å². The van der Waals surface area contributed by atoms with Gasteiger partial charge in [-0.15, -0.1) is 11.3 Å². The van der Waals surface area contributed by atoms with Gasteiger partial charge in [-0.1, -0.05) is 11.6 Å². The van der Waals surface area contributed by atoms with Gasteiger partial charge in [-0.05, 0) is 12.1 Å². The Kier molecular flexibility index (Phi) is 2.30. The van der Waals surface area contributed by atoms with E-state index in [0.29, 0.717) is 16.0 Å². The second-order valence-corrected chi connectivity index (χ2v) is 4.08. The fourth-order valence-electron chi connectivity index (χ4n) is 0.911. The average molecular weight is 216 g/mol. The monoisotopic (exact) mass is 215 g/mol. The highest BCUT2D eigenvalue weighted by molar-refractivity contribution is 7.19. The molecule has 2 N–H and O–H groups in total. The second-order valence-electron chi connectivity index (χ2n) is 2.37. The molecule has 0 aromatic carbocycles. The lowest BCUT2D eigenvalue weighted by Gasteiger charge is -1.84. The van der Waals surface area contributed by atoms with E-state index in [1.165, 1.54) is 11.3 Å². The van der Waals surface area contributed by atoms with Gasteiger partial charge in [0.25, 0.3) is 0 Å². The van der Waals surface area contributed by atoms with Gasteiger partial charge in [-0.3, -0.25) is 5.10 Å². The first-order valence-electron chi connectivity index (χ1n) is 3.57. The third kappa shape index (κ3) is 1.72. The van der Waals surface area contributed by atoms with Gasteiger partial charge < -0.3 is 5.11 Å². The summed E-state index contributed by atoms with van der Waals surface area (Å²) >= 11 is 7.16. The van der Waals surface area contributed by atoms with E-state index in [4.69, 9.17) is 16.7 Å². The van der Waals surface area contributed by atoms with Gasteiger partial charge in [-0.25, -0.2) is 4.98 Å². The summed E-state index contributed by atoms with van der Waals surface area (Å²) in [5.41, 5.74) is 0. The molecule has 0 aliphatic heterocycles. The highest BCUT2D eigenvalue weighted by Crippen LogP contribution is 2.28. The van der Waals surface area contributed by atoms with E-state index in [9.17, 15) is 0 Å². The number of aliphatic hydroxyl groups is 1. The normalized spacial score (nSPS) is 10.6. The number of nitrogens with zero attached hydrogens (tertiary/aromatic N) is 2. The van der Waals surface area contributed by atoms with Crippen molar-refractivity contribution in [2.45, 2.75) is 6.61 Å². The van der Waals surface area contributed by atoms with Gasteiger partial charge >= 0.3 is 0 Å². The number of hydrogen-bond donors (Lipinski definition) is 2. The Balaban J connectivity index is 2.35. The minimum atomic E-state index is -0.133. The van der Waals surface area contributed by atoms with Crippen LogP contribution in [0.1, 0.15) is 5.82 Å². The van der Waals surface area contributed by atoms with Gasteiger partial charge in [0, 0.05) is 0 Å². The van der Waals surface area contributed by atoms with Crippen molar-refractivity contribution >= 4 is 22.9 Å². The number of rotatable bonds is 2. The number of aromatic nitrogens is 3. The third-order valence-corrected chi connectivity index (χ3v) is 2.70. The predicted octanol–water partition coefficient (Wildman–Crippen LogP) is 1.68. The number of halogens is 1. The van der Waals surface area contributed by atoms with Gasteiger partial charge in [-0.2, -0.15) is 5.10 Å². The average Bonchev–Trinajstić information content (AvgIpc) is 2.71. The van der Waals surface area contributed by atoms with Crippen molar-refractivity contribution in [1.82, 2.24) is 15.2 Å². The molecule has 0 spiro atoms. The predicted molar refractivity (Wildman–Crippen MR) is 50.6 cm³/mol. The van der Waals surface area contributed by atoms with Crippen LogP contribution in [0.15, 0.2) is 12.1 Å². The topological polar surface area (TPSA) is 61.8 Å². The fraction of sp³-hybridized carbons (Fsp3) is 0.143. The number of H-pyrrole nitrogens is 1. The van der Waals surface area contributed by atoms with Gasteiger partial charge in [0.2, 0.25) is 0 Å². The van der Waals surface area contributed by atoms with Crippen LogP contribution in [0.2, 0.25) is 4.34 Å². The molecule has 2 aromatic heterocycles. The Labute approximate surface area is 83.2 Å². The first-order chi connectivity index (χ1) is 6.29. The molecule has 0 aliphatic carbocycles. The molecule has 68 valence electrons. The zero-order chi connectivity index (χ0) is 9.26. The summed E-state index contributed by atoms with van der Waals surface area (Å²) in [7, 11) is 0. The van der Waals surface area contributed by atoms with Crippen molar-refractivity contribution in [3.63, 3.8) is 0 Å². The van der Waals surface area contributed by atoms with E-state index in [0.717, 1.165) is 4.88 Å². The Bertz CT molecular complexity index is 411. The molecule has 0 saturated heterocycles. The summed E-state index contributed by atoms with van der Waals surface area (Å²) in [6, 6.07) is 3.63. The number of thiophene rings is 1. The molecule has 2 rings (SSSR count). The van der Waals surface area contributed by atoms with E-state index < -0.39 is 0 Å². The van der Waals surface area contributed by atoms with E-state index in [2.05, 4.69) is 15.2 Å². The first kappa shape index (κ1) is 8.68. The molecular formula is C7H6ClN3OS. The van der Waals surface area contributed by atoms with Gasteiger partial charge in [0.1, 0.15) is 6.61 Å². The van der Waals surface area contributed by atoms with E-state index in [1.807, 2.05) is 6.07 Å². The number of nitrogens with one attached hydrogen (secondary N) is 1. The van der Waals surface area contributed by atoms with Gasteiger partial charge in [0.15, 0.2) is 11.6 Å². The summed E-state index contributed by atoms with van der Waals surface area (Å²) in [6.07, 6.45) is 0. The molecule has 4 nitrogen and oxygen atoms in total. The Morgan fingerprint density at radius 1 is 1.54 bits per heavy atom. The summed E-state index contributed by atoms with van der Waals surface area (Å²) in [6.45, 7) is -0.133. The van der Waals surface area contributed by atoms with Crippen LogP contribution in [0, 0.1) is 0 Å². The van der Waals surface area contributed by atoms with E-state index in [-0.39, 0.29) is 6.61 Å². The van der Waals surface area contributed by atoms with E-state index in [1.54, 1.807) is 6.07 Å². The van der Waals surface area contributed by atoms with Crippen LogP contribution >= 0.6 is 22.9 Å². The minimum Gasteiger partial charge on any atom is -0.388 e. The zero-order valence-electron chi connectivity index (χ0n) is 6.49. The summed E-state index contributed by atoms with van der Waals surface area (Å²) in [4.78, 5) is 4.94.